The highest BCUT2D eigenvalue weighted by Crippen LogP contribution is 2.45. The van der Waals surface area contributed by atoms with Crippen LogP contribution in [0.4, 0.5) is 0 Å². The molecule has 3 rings (SSSR count). The molecule has 0 spiro atoms. The summed E-state index contributed by atoms with van der Waals surface area (Å²) in [5.41, 5.74) is 4.49. The van der Waals surface area contributed by atoms with Gasteiger partial charge in [0, 0.05) is 29.7 Å². The number of fused-ring (bicyclic) bond motifs is 1. The Bertz CT molecular complexity index is 1020. The van der Waals surface area contributed by atoms with Crippen LogP contribution in [0.2, 0.25) is 0 Å². The molecule has 0 fully saturated rings. The van der Waals surface area contributed by atoms with Crippen LogP contribution in [0.25, 0.3) is 0 Å². The number of nitrogens with zero attached hydrogens (tertiary/aromatic N) is 1. The average Bonchev–Trinajstić information content (AvgIpc) is 2.69. The van der Waals surface area contributed by atoms with Gasteiger partial charge in [-0.2, -0.15) is 0 Å². The Labute approximate surface area is 192 Å². The number of aryl methyl sites for hydroxylation is 1. The van der Waals surface area contributed by atoms with Crippen molar-refractivity contribution < 1.29 is 14.6 Å². The fourth-order valence-electron chi connectivity index (χ4n) is 4.69. The number of ether oxygens (including phenoxy) is 1. The number of aliphatic carboxylic acids is 1. The van der Waals surface area contributed by atoms with E-state index in [1.54, 1.807) is 18.3 Å². The third kappa shape index (κ3) is 6.13. The van der Waals surface area contributed by atoms with E-state index in [1.165, 1.54) is 30.4 Å². The van der Waals surface area contributed by atoms with E-state index in [2.05, 4.69) is 63.6 Å². The first kappa shape index (κ1) is 23.9. The summed E-state index contributed by atoms with van der Waals surface area (Å²) < 4.78 is 6.37. The van der Waals surface area contributed by atoms with Crippen LogP contribution in [-0.2, 0) is 23.1 Å². The van der Waals surface area contributed by atoms with Gasteiger partial charge in [0.2, 0.25) is 0 Å². The highest BCUT2D eigenvalue weighted by atomic mass is 16.5. The van der Waals surface area contributed by atoms with Gasteiger partial charge < -0.3 is 14.6 Å². The van der Waals surface area contributed by atoms with Crippen LogP contribution in [0, 0.1) is 11.8 Å². The van der Waals surface area contributed by atoms with Gasteiger partial charge in [0.25, 0.3) is 0 Å². The number of hydrogen-bond acceptors (Lipinski definition) is 4. The van der Waals surface area contributed by atoms with Crippen molar-refractivity contribution in [3.05, 3.63) is 58.4 Å². The standard InChI is InChI=1S/C28H35NO3/c1-6-7-8-9-10-21-17-25-24(27(2,3)19-28(4,5)32-25)16-22(21)12-14-23-13-11-20(18-29-23)15-26(30)31/h11,13,16-18H,6-10,15,19H2,1-5H3,(H,30,31)/p-1. The average molecular weight is 433 g/mol. The predicted octanol–water partition coefficient (Wildman–Crippen LogP) is 4.74. The molecule has 32 heavy (non-hydrogen) atoms. The maximum Gasteiger partial charge on any atom is 0.124 e. The first-order chi connectivity index (χ1) is 15.1. The molecule has 4 nitrogen and oxygen atoms in total. The molecule has 0 amide bonds. The number of hydrogen-bond donors (Lipinski definition) is 0. The SMILES string of the molecule is CCCCCCc1cc2c(cc1C#Cc1ccc(CC(=O)[O-])cn1)C(C)(C)CC(C)(C)O2. The lowest BCUT2D eigenvalue weighted by Crippen LogP contribution is -2.41. The van der Waals surface area contributed by atoms with E-state index < -0.39 is 5.97 Å². The molecule has 0 bridgehead atoms. The smallest absolute Gasteiger partial charge is 0.124 e. The minimum absolute atomic E-state index is 0.000972. The van der Waals surface area contributed by atoms with E-state index in [4.69, 9.17) is 4.74 Å². The van der Waals surface area contributed by atoms with Crippen molar-refractivity contribution in [1.82, 2.24) is 4.98 Å². The molecule has 1 aliphatic heterocycles. The fourth-order valence-corrected chi connectivity index (χ4v) is 4.69. The topological polar surface area (TPSA) is 62.2 Å². The second kappa shape index (κ2) is 9.77. The largest absolute Gasteiger partial charge is 0.550 e. The molecule has 0 unspecified atom stereocenters. The lowest BCUT2D eigenvalue weighted by atomic mass is 9.73. The number of rotatable bonds is 7. The highest BCUT2D eigenvalue weighted by Gasteiger charge is 2.39. The Kier molecular flexibility index (Phi) is 7.29. The number of unbranched alkanes of at least 4 members (excludes halogenated alkanes) is 3. The summed E-state index contributed by atoms with van der Waals surface area (Å²) in [7, 11) is 0. The third-order valence-corrected chi connectivity index (χ3v) is 5.99. The molecule has 0 atom stereocenters. The van der Waals surface area contributed by atoms with Gasteiger partial charge in [-0.15, -0.1) is 0 Å². The van der Waals surface area contributed by atoms with Crippen LogP contribution in [0.1, 0.15) is 94.7 Å². The zero-order valence-corrected chi connectivity index (χ0v) is 20.0. The van der Waals surface area contributed by atoms with Gasteiger partial charge in [-0.1, -0.05) is 52.0 Å². The molecule has 0 N–H and O–H groups in total. The van der Waals surface area contributed by atoms with Gasteiger partial charge in [-0.3, -0.25) is 0 Å². The van der Waals surface area contributed by atoms with Crippen LogP contribution >= 0.6 is 0 Å². The van der Waals surface area contributed by atoms with Crippen molar-refractivity contribution in [2.24, 2.45) is 0 Å². The quantitative estimate of drug-likeness (QED) is 0.468. The third-order valence-electron chi connectivity index (χ3n) is 5.99. The maximum absolute atomic E-state index is 10.8. The number of pyridine rings is 1. The number of carbonyl (C=O) groups excluding carboxylic acids is 1. The Balaban J connectivity index is 1.95. The second-order valence-corrected chi connectivity index (χ2v) is 10.1. The van der Waals surface area contributed by atoms with Gasteiger partial charge in [0.15, 0.2) is 0 Å². The number of carboxylic acids is 1. The lowest BCUT2D eigenvalue weighted by molar-refractivity contribution is -0.304. The molecule has 0 saturated heterocycles. The minimum atomic E-state index is -1.11. The molecule has 1 aliphatic rings. The predicted molar refractivity (Wildman–Crippen MR) is 126 cm³/mol. The second-order valence-electron chi connectivity index (χ2n) is 10.1. The first-order valence-corrected chi connectivity index (χ1v) is 11.6. The molecular formula is C28H34NO3-. The summed E-state index contributed by atoms with van der Waals surface area (Å²) in [4.78, 5) is 15.1. The number of aromatic nitrogens is 1. The van der Waals surface area contributed by atoms with Crippen LogP contribution in [0.5, 0.6) is 5.75 Å². The minimum Gasteiger partial charge on any atom is -0.550 e. The van der Waals surface area contributed by atoms with Crippen molar-refractivity contribution in [1.29, 1.82) is 0 Å². The summed E-state index contributed by atoms with van der Waals surface area (Å²) in [5.74, 6) is 6.38. The van der Waals surface area contributed by atoms with Gasteiger partial charge in [0.05, 0.1) is 0 Å². The molecule has 0 radical (unpaired) electrons. The molecular weight excluding hydrogens is 398 g/mol. The zero-order chi connectivity index (χ0) is 23.4. The van der Waals surface area contributed by atoms with Crippen LogP contribution in [0.15, 0.2) is 30.5 Å². The van der Waals surface area contributed by atoms with E-state index >= 15 is 0 Å². The molecule has 2 aromatic rings. The Morgan fingerprint density at radius 3 is 2.56 bits per heavy atom. The first-order valence-electron chi connectivity index (χ1n) is 11.6. The summed E-state index contributed by atoms with van der Waals surface area (Å²) in [6.45, 7) is 11.1. The van der Waals surface area contributed by atoms with Gasteiger partial charge in [0.1, 0.15) is 17.0 Å². The molecule has 4 heteroatoms. The fraction of sp³-hybridized carbons (Fsp3) is 0.500. The Morgan fingerprint density at radius 1 is 1.12 bits per heavy atom. The zero-order valence-electron chi connectivity index (χ0n) is 20.0. The van der Waals surface area contributed by atoms with Crippen molar-refractivity contribution in [2.45, 2.75) is 90.6 Å². The summed E-state index contributed by atoms with van der Waals surface area (Å²) in [6, 6.07) is 7.91. The van der Waals surface area contributed by atoms with Crippen molar-refractivity contribution >= 4 is 5.97 Å². The molecule has 2 heterocycles. The molecule has 0 aliphatic carbocycles. The van der Waals surface area contributed by atoms with Crippen LogP contribution in [0.3, 0.4) is 0 Å². The number of carboxylic acid groups (broad SMARTS) is 1. The van der Waals surface area contributed by atoms with Crippen LogP contribution < -0.4 is 9.84 Å². The summed E-state index contributed by atoms with van der Waals surface area (Å²) >= 11 is 0. The van der Waals surface area contributed by atoms with E-state index in [9.17, 15) is 9.90 Å². The van der Waals surface area contributed by atoms with Gasteiger partial charge in [-0.25, -0.2) is 4.98 Å². The lowest BCUT2D eigenvalue weighted by Gasteiger charge is -2.42. The van der Waals surface area contributed by atoms with Crippen molar-refractivity contribution in [3.8, 4) is 17.6 Å². The van der Waals surface area contributed by atoms with Gasteiger partial charge in [-0.05, 0) is 73.8 Å². The molecule has 1 aromatic carbocycles. The van der Waals surface area contributed by atoms with Gasteiger partial charge >= 0.3 is 0 Å². The van der Waals surface area contributed by atoms with E-state index in [0.717, 1.165) is 30.6 Å². The van der Waals surface area contributed by atoms with E-state index in [1.807, 2.05) is 0 Å². The Morgan fingerprint density at radius 2 is 1.91 bits per heavy atom. The number of benzene rings is 1. The van der Waals surface area contributed by atoms with Crippen molar-refractivity contribution in [3.63, 3.8) is 0 Å². The summed E-state index contributed by atoms with van der Waals surface area (Å²) in [6.07, 6.45) is 8.11. The maximum atomic E-state index is 10.8. The number of carbonyl (C=O) groups is 1. The normalized spacial score (nSPS) is 15.8. The van der Waals surface area contributed by atoms with E-state index in [0.29, 0.717) is 11.3 Å². The molecule has 1 aromatic heterocycles. The molecule has 170 valence electrons. The molecule has 0 saturated carbocycles. The Hall–Kier alpha value is -2.80. The van der Waals surface area contributed by atoms with Crippen molar-refractivity contribution in [2.75, 3.05) is 0 Å². The highest BCUT2D eigenvalue weighted by molar-refractivity contribution is 5.67. The summed E-state index contributed by atoms with van der Waals surface area (Å²) in [5, 5.41) is 10.8. The van der Waals surface area contributed by atoms with Crippen LogP contribution in [-0.4, -0.2) is 16.6 Å². The monoisotopic (exact) mass is 432 g/mol. The van der Waals surface area contributed by atoms with E-state index in [-0.39, 0.29) is 17.4 Å².